The number of para-hydroxylation sites is 1. The standard InChI is InChI=1S/C16H15NO3/c17-16(15(18)19)9-8-11-6-7-13(10-14(11)16)20-12-4-2-1-3-5-12/h1-7,10H,8-9,17H2,(H,18,19). The highest BCUT2D eigenvalue weighted by molar-refractivity contribution is 5.82. The number of ether oxygens (including phenoxy) is 1. The van der Waals surface area contributed by atoms with E-state index < -0.39 is 11.5 Å². The van der Waals surface area contributed by atoms with Crippen LogP contribution >= 0.6 is 0 Å². The first-order chi connectivity index (χ1) is 9.59. The second-order valence-corrected chi connectivity index (χ2v) is 5.01. The smallest absolute Gasteiger partial charge is 0.328 e. The summed E-state index contributed by atoms with van der Waals surface area (Å²) in [5, 5.41) is 9.33. The highest BCUT2D eigenvalue weighted by Gasteiger charge is 2.42. The number of hydrogen-bond acceptors (Lipinski definition) is 3. The summed E-state index contributed by atoms with van der Waals surface area (Å²) in [5.74, 6) is 0.324. The molecule has 3 rings (SSSR count). The molecular weight excluding hydrogens is 254 g/mol. The van der Waals surface area contributed by atoms with Gasteiger partial charge in [-0.2, -0.15) is 0 Å². The van der Waals surface area contributed by atoms with Crippen LogP contribution in [-0.2, 0) is 16.8 Å². The van der Waals surface area contributed by atoms with Gasteiger partial charge in [0.25, 0.3) is 0 Å². The van der Waals surface area contributed by atoms with E-state index in [2.05, 4.69) is 0 Å². The minimum atomic E-state index is -1.30. The van der Waals surface area contributed by atoms with E-state index in [1.54, 1.807) is 6.07 Å². The highest BCUT2D eigenvalue weighted by Crippen LogP contribution is 2.38. The maximum absolute atomic E-state index is 11.4. The molecule has 0 bridgehead atoms. The molecule has 102 valence electrons. The number of benzene rings is 2. The zero-order valence-corrected chi connectivity index (χ0v) is 10.9. The van der Waals surface area contributed by atoms with Gasteiger partial charge < -0.3 is 15.6 Å². The molecule has 1 unspecified atom stereocenters. The Hall–Kier alpha value is -2.33. The van der Waals surface area contributed by atoms with Crippen LogP contribution < -0.4 is 10.5 Å². The average Bonchev–Trinajstić information content (AvgIpc) is 2.79. The molecule has 0 saturated carbocycles. The van der Waals surface area contributed by atoms with Gasteiger partial charge in [-0.25, -0.2) is 4.79 Å². The molecule has 0 saturated heterocycles. The van der Waals surface area contributed by atoms with E-state index in [-0.39, 0.29) is 0 Å². The zero-order valence-electron chi connectivity index (χ0n) is 10.9. The molecule has 0 aliphatic heterocycles. The normalized spacial score (nSPS) is 20.4. The number of aryl methyl sites for hydroxylation is 1. The summed E-state index contributed by atoms with van der Waals surface area (Å²) in [5.41, 5.74) is 6.35. The Labute approximate surface area is 116 Å². The van der Waals surface area contributed by atoms with Crippen molar-refractivity contribution in [3.05, 3.63) is 59.7 Å². The summed E-state index contributed by atoms with van der Waals surface area (Å²) >= 11 is 0. The van der Waals surface area contributed by atoms with Crippen LogP contribution in [0, 0.1) is 0 Å². The molecule has 0 aromatic heterocycles. The van der Waals surface area contributed by atoms with Crippen molar-refractivity contribution in [1.29, 1.82) is 0 Å². The molecule has 1 atom stereocenters. The van der Waals surface area contributed by atoms with Crippen molar-refractivity contribution in [1.82, 2.24) is 0 Å². The van der Waals surface area contributed by atoms with Gasteiger partial charge in [0.05, 0.1) is 0 Å². The molecular formula is C16H15NO3. The van der Waals surface area contributed by atoms with Crippen LogP contribution in [-0.4, -0.2) is 11.1 Å². The van der Waals surface area contributed by atoms with Crippen LogP contribution in [0.5, 0.6) is 11.5 Å². The van der Waals surface area contributed by atoms with Crippen molar-refractivity contribution in [2.75, 3.05) is 0 Å². The minimum Gasteiger partial charge on any atom is -0.480 e. The topological polar surface area (TPSA) is 72.6 Å². The molecule has 4 nitrogen and oxygen atoms in total. The Morgan fingerprint density at radius 1 is 1.15 bits per heavy atom. The molecule has 20 heavy (non-hydrogen) atoms. The van der Waals surface area contributed by atoms with Crippen molar-refractivity contribution in [2.24, 2.45) is 5.73 Å². The van der Waals surface area contributed by atoms with E-state index in [9.17, 15) is 9.90 Å². The first-order valence-corrected chi connectivity index (χ1v) is 6.48. The van der Waals surface area contributed by atoms with E-state index in [1.165, 1.54) is 0 Å². The van der Waals surface area contributed by atoms with Crippen LogP contribution in [0.3, 0.4) is 0 Å². The van der Waals surface area contributed by atoms with Gasteiger partial charge in [-0.15, -0.1) is 0 Å². The van der Waals surface area contributed by atoms with E-state index in [0.717, 1.165) is 5.56 Å². The summed E-state index contributed by atoms with van der Waals surface area (Å²) in [7, 11) is 0. The fraction of sp³-hybridized carbons (Fsp3) is 0.188. The zero-order chi connectivity index (χ0) is 14.2. The van der Waals surface area contributed by atoms with Gasteiger partial charge in [0.2, 0.25) is 0 Å². The van der Waals surface area contributed by atoms with E-state index in [1.807, 2.05) is 42.5 Å². The average molecular weight is 269 g/mol. The Balaban J connectivity index is 1.95. The van der Waals surface area contributed by atoms with Crippen molar-refractivity contribution in [2.45, 2.75) is 18.4 Å². The molecule has 0 spiro atoms. The lowest BCUT2D eigenvalue weighted by atomic mass is 9.93. The highest BCUT2D eigenvalue weighted by atomic mass is 16.5. The summed E-state index contributed by atoms with van der Waals surface area (Å²) < 4.78 is 5.73. The number of aliphatic carboxylic acids is 1. The van der Waals surface area contributed by atoms with Crippen LogP contribution in [0.25, 0.3) is 0 Å². The van der Waals surface area contributed by atoms with Crippen molar-refractivity contribution in [3.8, 4) is 11.5 Å². The third kappa shape index (κ3) is 2.04. The lowest BCUT2D eigenvalue weighted by molar-refractivity contribution is -0.143. The van der Waals surface area contributed by atoms with Crippen LogP contribution in [0.1, 0.15) is 17.5 Å². The molecule has 4 heteroatoms. The van der Waals surface area contributed by atoms with Gasteiger partial charge in [-0.05, 0) is 48.2 Å². The maximum Gasteiger partial charge on any atom is 0.328 e. The number of carboxylic acid groups (broad SMARTS) is 1. The Kier molecular flexibility index (Phi) is 2.95. The van der Waals surface area contributed by atoms with Crippen molar-refractivity contribution < 1.29 is 14.6 Å². The Morgan fingerprint density at radius 2 is 1.90 bits per heavy atom. The fourth-order valence-corrected chi connectivity index (χ4v) is 2.57. The summed E-state index contributed by atoms with van der Waals surface area (Å²) in [6.45, 7) is 0. The maximum atomic E-state index is 11.4. The lowest BCUT2D eigenvalue weighted by Gasteiger charge is -2.20. The molecule has 0 fully saturated rings. The second kappa shape index (κ2) is 4.65. The van der Waals surface area contributed by atoms with Gasteiger partial charge in [-0.1, -0.05) is 24.3 Å². The van der Waals surface area contributed by atoms with E-state index >= 15 is 0 Å². The number of nitrogens with two attached hydrogens (primary N) is 1. The first kappa shape index (κ1) is 12.7. The second-order valence-electron chi connectivity index (χ2n) is 5.01. The van der Waals surface area contributed by atoms with Crippen molar-refractivity contribution >= 4 is 5.97 Å². The molecule has 0 radical (unpaired) electrons. The predicted molar refractivity (Wildman–Crippen MR) is 74.8 cm³/mol. The molecule has 2 aromatic carbocycles. The molecule has 2 aromatic rings. The molecule has 0 heterocycles. The number of fused-ring (bicyclic) bond motifs is 1. The number of rotatable bonds is 3. The predicted octanol–water partition coefficient (Wildman–Crippen LogP) is 2.66. The van der Waals surface area contributed by atoms with Crippen LogP contribution in [0.2, 0.25) is 0 Å². The summed E-state index contributed by atoms with van der Waals surface area (Å²) in [6, 6.07) is 14.8. The summed E-state index contributed by atoms with van der Waals surface area (Å²) in [6.07, 6.45) is 1.11. The first-order valence-electron chi connectivity index (χ1n) is 6.48. The number of carbonyl (C=O) groups is 1. The molecule has 1 aliphatic rings. The van der Waals surface area contributed by atoms with Gasteiger partial charge >= 0.3 is 5.97 Å². The Bertz CT molecular complexity index is 654. The monoisotopic (exact) mass is 269 g/mol. The van der Waals surface area contributed by atoms with Gasteiger partial charge in [0, 0.05) is 0 Å². The molecule has 0 amide bonds. The lowest BCUT2D eigenvalue weighted by Crippen LogP contribution is -2.42. The third-order valence-electron chi connectivity index (χ3n) is 3.71. The van der Waals surface area contributed by atoms with Crippen molar-refractivity contribution in [3.63, 3.8) is 0 Å². The van der Waals surface area contributed by atoms with Gasteiger partial charge in [-0.3, -0.25) is 0 Å². The number of hydrogen-bond donors (Lipinski definition) is 2. The van der Waals surface area contributed by atoms with Gasteiger partial charge in [0.1, 0.15) is 17.0 Å². The van der Waals surface area contributed by atoms with Gasteiger partial charge in [0.15, 0.2) is 0 Å². The molecule has 1 aliphatic carbocycles. The van der Waals surface area contributed by atoms with Crippen LogP contribution in [0.15, 0.2) is 48.5 Å². The quantitative estimate of drug-likeness (QED) is 0.898. The summed E-state index contributed by atoms with van der Waals surface area (Å²) in [4.78, 5) is 11.4. The fourth-order valence-electron chi connectivity index (χ4n) is 2.57. The van der Waals surface area contributed by atoms with Crippen LogP contribution in [0.4, 0.5) is 0 Å². The minimum absolute atomic E-state index is 0.423. The van der Waals surface area contributed by atoms with E-state index in [4.69, 9.17) is 10.5 Å². The third-order valence-corrected chi connectivity index (χ3v) is 3.71. The largest absolute Gasteiger partial charge is 0.480 e. The van der Waals surface area contributed by atoms with E-state index in [0.29, 0.717) is 29.9 Å². The molecule has 3 N–H and O–H groups in total. The number of carboxylic acids is 1. The Morgan fingerprint density at radius 3 is 2.60 bits per heavy atom. The SMILES string of the molecule is NC1(C(=O)O)CCc2ccc(Oc3ccccc3)cc21.